The quantitative estimate of drug-likeness (QED) is 0.792. The lowest BCUT2D eigenvalue weighted by atomic mass is 10.00. The molecule has 0 bridgehead atoms. The van der Waals surface area contributed by atoms with Gasteiger partial charge in [0.25, 0.3) is 0 Å². The Bertz CT molecular complexity index is 611. The highest BCUT2D eigenvalue weighted by Gasteiger charge is 2.20. The Labute approximate surface area is 133 Å². The van der Waals surface area contributed by atoms with Gasteiger partial charge in [0.1, 0.15) is 11.9 Å². The highest BCUT2D eigenvalue weighted by Crippen LogP contribution is 2.27. The molecule has 2 aromatic carbocycles. The molecule has 2 rings (SSSR count). The number of carbonyl (C=O) groups excluding carboxylic acids is 1. The molecule has 0 saturated heterocycles. The first-order chi connectivity index (χ1) is 10.2. The SMILES string of the molecule is COc1ccc(CC(=O)C(OC)c2ccccc2)cc1Br. The highest BCUT2D eigenvalue weighted by atomic mass is 79.9. The lowest BCUT2D eigenvalue weighted by Crippen LogP contribution is -2.16. The predicted octanol–water partition coefficient (Wildman–Crippen LogP) is 3.96. The van der Waals surface area contributed by atoms with E-state index in [1.165, 1.54) is 0 Å². The van der Waals surface area contributed by atoms with Crippen LogP contribution in [0.5, 0.6) is 5.75 Å². The lowest BCUT2D eigenvalue weighted by Gasteiger charge is -2.15. The van der Waals surface area contributed by atoms with Gasteiger partial charge in [-0.15, -0.1) is 0 Å². The molecular formula is C17H17BrO3. The van der Waals surface area contributed by atoms with E-state index >= 15 is 0 Å². The summed E-state index contributed by atoms with van der Waals surface area (Å²) in [5.41, 5.74) is 1.79. The Morgan fingerprint density at radius 3 is 2.43 bits per heavy atom. The van der Waals surface area contributed by atoms with Crippen LogP contribution in [0.4, 0.5) is 0 Å². The van der Waals surface area contributed by atoms with Crippen LogP contribution in [-0.4, -0.2) is 20.0 Å². The summed E-state index contributed by atoms with van der Waals surface area (Å²) in [7, 11) is 3.17. The number of benzene rings is 2. The lowest BCUT2D eigenvalue weighted by molar-refractivity contribution is -0.128. The van der Waals surface area contributed by atoms with Gasteiger partial charge < -0.3 is 9.47 Å². The van der Waals surface area contributed by atoms with Gasteiger partial charge in [-0.3, -0.25) is 4.79 Å². The van der Waals surface area contributed by atoms with Gasteiger partial charge in [0, 0.05) is 13.5 Å². The fourth-order valence-electron chi connectivity index (χ4n) is 2.19. The molecule has 3 nitrogen and oxygen atoms in total. The van der Waals surface area contributed by atoms with Crippen molar-refractivity contribution in [1.82, 2.24) is 0 Å². The van der Waals surface area contributed by atoms with Crippen LogP contribution in [0.25, 0.3) is 0 Å². The maximum absolute atomic E-state index is 12.4. The maximum Gasteiger partial charge on any atom is 0.170 e. The third kappa shape index (κ3) is 3.93. The van der Waals surface area contributed by atoms with Crippen LogP contribution in [0.3, 0.4) is 0 Å². The van der Waals surface area contributed by atoms with E-state index in [0.29, 0.717) is 6.42 Å². The second-order valence-electron chi connectivity index (χ2n) is 4.64. The Morgan fingerprint density at radius 2 is 1.86 bits per heavy atom. The van der Waals surface area contributed by atoms with E-state index in [1.807, 2.05) is 48.5 Å². The van der Waals surface area contributed by atoms with Gasteiger partial charge >= 0.3 is 0 Å². The molecule has 1 unspecified atom stereocenters. The van der Waals surface area contributed by atoms with E-state index in [0.717, 1.165) is 21.3 Å². The molecule has 0 amide bonds. The second-order valence-corrected chi connectivity index (χ2v) is 5.49. The normalized spacial score (nSPS) is 12.0. The van der Waals surface area contributed by atoms with E-state index in [9.17, 15) is 4.79 Å². The molecule has 2 aromatic rings. The molecule has 0 aliphatic heterocycles. The van der Waals surface area contributed by atoms with Crippen molar-refractivity contribution in [2.24, 2.45) is 0 Å². The minimum atomic E-state index is -0.535. The molecule has 0 aliphatic rings. The van der Waals surface area contributed by atoms with Crippen molar-refractivity contribution in [3.63, 3.8) is 0 Å². The smallest absolute Gasteiger partial charge is 0.170 e. The molecule has 0 fully saturated rings. The number of carbonyl (C=O) groups is 1. The van der Waals surface area contributed by atoms with Gasteiger partial charge in [-0.05, 0) is 39.2 Å². The van der Waals surface area contributed by atoms with Crippen molar-refractivity contribution in [2.75, 3.05) is 14.2 Å². The topological polar surface area (TPSA) is 35.5 Å². The number of hydrogen-bond acceptors (Lipinski definition) is 3. The zero-order valence-electron chi connectivity index (χ0n) is 12.0. The highest BCUT2D eigenvalue weighted by molar-refractivity contribution is 9.10. The fourth-order valence-corrected chi connectivity index (χ4v) is 2.78. The summed E-state index contributed by atoms with van der Waals surface area (Å²) < 4.78 is 11.4. The van der Waals surface area contributed by atoms with Crippen LogP contribution in [-0.2, 0) is 16.0 Å². The van der Waals surface area contributed by atoms with Gasteiger partial charge in [0.05, 0.1) is 11.6 Å². The van der Waals surface area contributed by atoms with Gasteiger partial charge in [-0.1, -0.05) is 36.4 Å². The Hall–Kier alpha value is -1.65. The molecule has 0 saturated carbocycles. The maximum atomic E-state index is 12.4. The zero-order chi connectivity index (χ0) is 15.2. The molecular weight excluding hydrogens is 332 g/mol. The van der Waals surface area contributed by atoms with E-state index < -0.39 is 6.10 Å². The monoisotopic (exact) mass is 348 g/mol. The van der Waals surface area contributed by atoms with E-state index in [2.05, 4.69) is 15.9 Å². The summed E-state index contributed by atoms with van der Waals surface area (Å²) in [5, 5.41) is 0. The van der Waals surface area contributed by atoms with E-state index in [1.54, 1.807) is 14.2 Å². The number of ether oxygens (including phenoxy) is 2. The molecule has 0 spiro atoms. The number of methoxy groups -OCH3 is 2. The molecule has 21 heavy (non-hydrogen) atoms. The van der Waals surface area contributed by atoms with Crippen molar-refractivity contribution >= 4 is 21.7 Å². The van der Waals surface area contributed by atoms with Crippen molar-refractivity contribution in [3.05, 3.63) is 64.1 Å². The van der Waals surface area contributed by atoms with Crippen LogP contribution in [0.15, 0.2) is 53.0 Å². The Balaban J connectivity index is 2.15. The second kappa shape index (κ2) is 7.38. The Kier molecular flexibility index (Phi) is 5.53. The molecule has 1 atom stereocenters. The molecule has 110 valence electrons. The average molecular weight is 349 g/mol. The minimum absolute atomic E-state index is 0.0285. The summed E-state index contributed by atoms with van der Waals surface area (Å²) in [4.78, 5) is 12.4. The minimum Gasteiger partial charge on any atom is -0.496 e. The summed E-state index contributed by atoms with van der Waals surface area (Å²) >= 11 is 3.43. The molecule has 0 N–H and O–H groups in total. The molecule has 0 heterocycles. The van der Waals surface area contributed by atoms with Crippen molar-refractivity contribution < 1.29 is 14.3 Å². The first-order valence-corrected chi connectivity index (χ1v) is 7.38. The predicted molar refractivity (Wildman–Crippen MR) is 85.6 cm³/mol. The summed E-state index contributed by atoms with van der Waals surface area (Å²) in [6.07, 6.45) is -0.220. The standard InChI is InChI=1S/C17H17BrO3/c1-20-16-9-8-12(10-14(16)18)11-15(19)17(21-2)13-6-4-3-5-7-13/h3-10,17H,11H2,1-2H3. The van der Waals surface area contributed by atoms with Crippen molar-refractivity contribution in [2.45, 2.75) is 12.5 Å². The molecule has 0 aliphatic carbocycles. The van der Waals surface area contributed by atoms with Crippen LogP contribution in [0.2, 0.25) is 0 Å². The first kappa shape index (κ1) is 15.7. The first-order valence-electron chi connectivity index (χ1n) is 6.58. The van der Waals surface area contributed by atoms with E-state index in [4.69, 9.17) is 9.47 Å². The zero-order valence-corrected chi connectivity index (χ0v) is 13.6. The van der Waals surface area contributed by atoms with Crippen LogP contribution in [0.1, 0.15) is 17.2 Å². The number of halogens is 1. The third-order valence-corrected chi connectivity index (χ3v) is 3.84. The van der Waals surface area contributed by atoms with Gasteiger partial charge in [0.2, 0.25) is 0 Å². The van der Waals surface area contributed by atoms with Crippen molar-refractivity contribution in [1.29, 1.82) is 0 Å². The van der Waals surface area contributed by atoms with Crippen LogP contribution < -0.4 is 4.74 Å². The largest absolute Gasteiger partial charge is 0.496 e. The van der Waals surface area contributed by atoms with Crippen molar-refractivity contribution in [3.8, 4) is 5.75 Å². The Morgan fingerprint density at radius 1 is 1.14 bits per heavy atom. The summed E-state index contributed by atoms with van der Waals surface area (Å²) in [6, 6.07) is 15.1. The summed E-state index contributed by atoms with van der Waals surface area (Å²) in [5.74, 6) is 0.776. The third-order valence-electron chi connectivity index (χ3n) is 3.23. The fraction of sp³-hybridized carbons (Fsp3) is 0.235. The average Bonchev–Trinajstić information content (AvgIpc) is 2.49. The van der Waals surface area contributed by atoms with Gasteiger partial charge in [-0.25, -0.2) is 0 Å². The number of hydrogen-bond donors (Lipinski definition) is 0. The van der Waals surface area contributed by atoms with Crippen LogP contribution in [0, 0.1) is 0 Å². The van der Waals surface area contributed by atoms with Crippen LogP contribution >= 0.6 is 15.9 Å². The van der Waals surface area contributed by atoms with Gasteiger partial charge in [-0.2, -0.15) is 0 Å². The molecule has 4 heteroatoms. The molecule has 0 aromatic heterocycles. The number of ketones is 1. The van der Waals surface area contributed by atoms with Gasteiger partial charge in [0.15, 0.2) is 5.78 Å². The number of Topliss-reactive ketones (excluding diaryl/α,β-unsaturated/α-hetero) is 1. The van der Waals surface area contributed by atoms with E-state index in [-0.39, 0.29) is 5.78 Å². The number of rotatable bonds is 6. The molecule has 0 radical (unpaired) electrons. The summed E-state index contributed by atoms with van der Waals surface area (Å²) in [6.45, 7) is 0.